The first kappa shape index (κ1) is 13.6. The third-order valence-electron chi connectivity index (χ3n) is 3.64. The molecule has 21 heavy (non-hydrogen) atoms. The van der Waals surface area contributed by atoms with E-state index in [1.807, 2.05) is 30.5 Å². The molecular weight excluding hydrogens is 258 g/mol. The highest BCUT2D eigenvalue weighted by Crippen LogP contribution is 2.32. The number of aromatic nitrogens is 2. The fourth-order valence-corrected chi connectivity index (χ4v) is 2.73. The Morgan fingerprint density at radius 1 is 0.905 bits per heavy atom. The van der Waals surface area contributed by atoms with Gasteiger partial charge in [-0.25, -0.2) is 0 Å². The highest BCUT2D eigenvalue weighted by Gasteiger charge is 2.22. The molecule has 1 unspecified atom stereocenters. The molecule has 3 rings (SSSR count). The first-order chi connectivity index (χ1) is 10.3. The maximum Gasteiger partial charge on any atom is 0.0972 e. The summed E-state index contributed by atoms with van der Waals surface area (Å²) in [5.74, 6) is 0. The number of benzene rings is 2. The van der Waals surface area contributed by atoms with Crippen molar-refractivity contribution < 1.29 is 0 Å². The Labute approximate surface area is 125 Å². The van der Waals surface area contributed by atoms with Gasteiger partial charge in [0, 0.05) is 17.3 Å². The van der Waals surface area contributed by atoms with Gasteiger partial charge in [-0.3, -0.25) is 10.00 Å². The second-order valence-corrected chi connectivity index (χ2v) is 5.33. The topological polar surface area (TPSA) is 31.9 Å². The van der Waals surface area contributed by atoms with Crippen LogP contribution in [0.5, 0.6) is 0 Å². The third-order valence-corrected chi connectivity index (χ3v) is 3.64. The van der Waals surface area contributed by atoms with E-state index in [1.165, 1.54) is 11.1 Å². The lowest BCUT2D eigenvalue weighted by molar-refractivity contribution is 0.343. The summed E-state index contributed by atoms with van der Waals surface area (Å²) in [5, 5.41) is 7.49. The molecule has 0 amide bonds. The molecule has 0 aliphatic rings. The van der Waals surface area contributed by atoms with Crippen molar-refractivity contribution in [2.75, 3.05) is 14.1 Å². The lowest BCUT2D eigenvalue weighted by Gasteiger charge is -2.25. The van der Waals surface area contributed by atoms with Crippen LogP contribution in [0.4, 0.5) is 0 Å². The van der Waals surface area contributed by atoms with Crippen molar-refractivity contribution in [2.45, 2.75) is 6.04 Å². The molecule has 0 bridgehead atoms. The minimum atomic E-state index is 0.181. The zero-order chi connectivity index (χ0) is 14.7. The molecule has 3 aromatic rings. The standard InChI is InChI=1S/C18H19N3/c1-21(2)18(15-11-7-4-8-12-15)16-13-19-20-17(16)14-9-5-3-6-10-14/h3-13,18H,1-2H3,(H,19,20). The molecule has 3 heteroatoms. The third kappa shape index (κ3) is 2.73. The zero-order valence-corrected chi connectivity index (χ0v) is 12.3. The summed E-state index contributed by atoms with van der Waals surface area (Å²) < 4.78 is 0. The molecule has 1 heterocycles. The molecule has 0 fully saturated rings. The van der Waals surface area contributed by atoms with Crippen molar-refractivity contribution in [1.82, 2.24) is 15.1 Å². The predicted octanol–water partition coefficient (Wildman–Crippen LogP) is 3.73. The molecule has 0 aliphatic carbocycles. The van der Waals surface area contributed by atoms with Crippen molar-refractivity contribution >= 4 is 0 Å². The van der Waals surface area contributed by atoms with E-state index in [1.54, 1.807) is 0 Å². The van der Waals surface area contributed by atoms with E-state index >= 15 is 0 Å². The van der Waals surface area contributed by atoms with Gasteiger partial charge in [0.1, 0.15) is 0 Å². The summed E-state index contributed by atoms with van der Waals surface area (Å²) >= 11 is 0. The van der Waals surface area contributed by atoms with Gasteiger partial charge in [-0.2, -0.15) is 5.10 Å². The minimum Gasteiger partial charge on any atom is -0.298 e. The fraction of sp³-hybridized carbons (Fsp3) is 0.167. The highest BCUT2D eigenvalue weighted by atomic mass is 15.1. The van der Waals surface area contributed by atoms with Gasteiger partial charge in [-0.15, -0.1) is 0 Å². The number of nitrogens with one attached hydrogen (secondary N) is 1. The number of hydrogen-bond acceptors (Lipinski definition) is 2. The summed E-state index contributed by atoms with van der Waals surface area (Å²) in [6.07, 6.45) is 2.00. The van der Waals surface area contributed by atoms with Crippen LogP contribution in [0, 0.1) is 0 Å². The van der Waals surface area contributed by atoms with Crippen LogP contribution < -0.4 is 0 Å². The van der Waals surface area contributed by atoms with E-state index in [0.29, 0.717) is 0 Å². The van der Waals surface area contributed by atoms with Crippen LogP contribution in [0.1, 0.15) is 17.2 Å². The smallest absolute Gasteiger partial charge is 0.0972 e. The lowest BCUT2D eigenvalue weighted by Crippen LogP contribution is -2.21. The normalized spacial score (nSPS) is 12.5. The average Bonchev–Trinajstić information content (AvgIpc) is 2.98. The first-order valence-corrected chi connectivity index (χ1v) is 7.08. The molecule has 1 N–H and O–H groups in total. The van der Waals surface area contributed by atoms with E-state index in [2.05, 4.69) is 65.6 Å². The van der Waals surface area contributed by atoms with Gasteiger partial charge in [-0.05, 0) is 19.7 Å². The Morgan fingerprint density at radius 3 is 2.14 bits per heavy atom. The number of rotatable bonds is 4. The minimum absolute atomic E-state index is 0.181. The number of hydrogen-bond donors (Lipinski definition) is 1. The Morgan fingerprint density at radius 2 is 1.52 bits per heavy atom. The largest absolute Gasteiger partial charge is 0.298 e. The van der Waals surface area contributed by atoms with Gasteiger partial charge in [0.15, 0.2) is 0 Å². The van der Waals surface area contributed by atoms with Crippen LogP contribution in [0.25, 0.3) is 11.3 Å². The molecule has 0 saturated heterocycles. The molecule has 0 saturated carbocycles. The molecule has 0 aliphatic heterocycles. The number of aromatic amines is 1. The van der Waals surface area contributed by atoms with Crippen molar-refractivity contribution in [3.63, 3.8) is 0 Å². The second-order valence-electron chi connectivity index (χ2n) is 5.33. The van der Waals surface area contributed by atoms with Crippen LogP contribution >= 0.6 is 0 Å². The van der Waals surface area contributed by atoms with Crippen LogP contribution in [0.3, 0.4) is 0 Å². The predicted molar refractivity (Wildman–Crippen MR) is 86.0 cm³/mol. The lowest BCUT2D eigenvalue weighted by atomic mass is 9.96. The summed E-state index contributed by atoms with van der Waals surface area (Å²) in [4.78, 5) is 2.21. The van der Waals surface area contributed by atoms with Gasteiger partial charge in [0.25, 0.3) is 0 Å². The van der Waals surface area contributed by atoms with E-state index in [0.717, 1.165) is 11.3 Å². The van der Waals surface area contributed by atoms with Crippen LogP contribution in [-0.2, 0) is 0 Å². The first-order valence-electron chi connectivity index (χ1n) is 7.08. The fourth-order valence-electron chi connectivity index (χ4n) is 2.73. The van der Waals surface area contributed by atoms with Crippen molar-refractivity contribution in [3.8, 4) is 11.3 Å². The van der Waals surface area contributed by atoms with Gasteiger partial charge < -0.3 is 0 Å². The maximum absolute atomic E-state index is 4.46. The van der Waals surface area contributed by atoms with Crippen LogP contribution in [0.2, 0.25) is 0 Å². The van der Waals surface area contributed by atoms with Crippen molar-refractivity contribution in [1.29, 1.82) is 0 Å². The van der Waals surface area contributed by atoms with Gasteiger partial charge in [0.05, 0.1) is 11.7 Å². The van der Waals surface area contributed by atoms with E-state index in [-0.39, 0.29) is 6.04 Å². The summed E-state index contributed by atoms with van der Waals surface area (Å²) in [6.45, 7) is 0. The van der Waals surface area contributed by atoms with E-state index in [4.69, 9.17) is 0 Å². The van der Waals surface area contributed by atoms with Gasteiger partial charge >= 0.3 is 0 Å². The second kappa shape index (κ2) is 5.94. The summed E-state index contributed by atoms with van der Waals surface area (Å²) in [7, 11) is 4.19. The van der Waals surface area contributed by atoms with E-state index in [9.17, 15) is 0 Å². The Hall–Kier alpha value is -2.39. The highest BCUT2D eigenvalue weighted by molar-refractivity contribution is 5.64. The van der Waals surface area contributed by atoms with Gasteiger partial charge in [-0.1, -0.05) is 60.7 Å². The zero-order valence-electron chi connectivity index (χ0n) is 12.3. The molecule has 1 aromatic heterocycles. The number of nitrogens with zero attached hydrogens (tertiary/aromatic N) is 2. The quantitative estimate of drug-likeness (QED) is 0.788. The molecule has 1 atom stereocenters. The average molecular weight is 277 g/mol. The number of H-pyrrole nitrogens is 1. The Bertz CT molecular complexity index is 687. The van der Waals surface area contributed by atoms with Gasteiger partial charge in [0.2, 0.25) is 0 Å². The molecular formula is C18H19N3. The SMILES string of the molecule is CN(C)C(c1ccccc1)c1c[nH]nc1-c1ccccc1. The van der Waals surface area contributed by atoms with Crippen LogP contribution in [-0.4, -0.2) is 29.2 Å². The molecule has 0 spiro atoms. The van der Waals surface area contributed by atoms with Crippen molar-refractivity contribution in [3.05, 3.63) is 78.0 Å². The molecule has 2 aromatic carbocycles. The molecule has 3 nitrogen and oxygen atoms in total. The monoisotopic (exact) mass is 277 g/mol. The molecule has 0 radical (unpaired) electrons. The molecule has 106 valence electrons. The maximum atomic E-state index is 4.46. The Kier molecular flexibility index (Phi) is 3.84. The van der Waals surface area contributed by atoms with E-state index < -0.39 is 0 Å². The van der Waals surface area contributed by atoms with Crippen molar-refractivity contribution in [2.24, 2.45) is 0 Å². The summed E-state index contributed by atoms with van der Waals surface area (Å²) in [6, 6.07) is 21.0. The summed E-state index contributed by atoms with van der Waals surface area (Å²) in [5.41, 5.74) is 4.60. The van der Waals surface area contributed by atoms with Crippen LogP contribution in [0.15, 0.2) is 66.9 Å². The Balaban J connectivity index is 2.09.